The van der Waals surface area contributed by atoms with Crippen molar-refractivity contribution in [3.63, 3.8) is 0 Å². The predicted octanol–water partition coefficient (Wildman–Crippen LogP) is 1.97. The van der Waals surface area contributed by atoms with Crippen molar-refractivity contribution in [1.82, 2.24) is 0 Å². The van der Waals surface area contributed by atoms with E-state index in [9.17, 15) is 9.90 Å². The molecule has 0 aromatic heterocycles. The maximum absolute atomic E-state index is 11.0. The molecule has 1 aromatic rings. The molecule has 3 N–H and O–H groups in total. The van der Waals surface area contributed by atoms with Crippen LogP contribution < -0.4 is 10.1 Å². The molecule has 5 nitrogen and oxygen atoms in total. The van der Waals surface area contributed by atoms with Crippen molar-refractivity contribution in [2.75, 3.05) is 19.0 Å². The molecule has 1 unspecified atom stereocenters. The average Bonchev–Trinajstić information content (AvgIpc) is 2.37. The van der Waals surface area contributed by atoms with Crippen molar-refractivity contribution < 1.29 is 19.7 Å². The number of aromatic carboxylic acids is 1. The summed E-state index contributed by atoms with van der Waals surface area (Å²) in [6, 6.07) is 4.75. The highest BCUT2D eigenvalue weighted by Crippen LogP contribution is 2.22. The van der Waals surface area contributed by atoms with Crippen LogP contribution in [0.3, 0.4) is 0 Å². The molecule has 0 aliphatic rings. The van der Waals surface area contributed by atoms with Gasteiger partial charge in [0.25, 0.3) is 0 Å². The van der Waals surface area contributed by atoms with Gasteiger partial charge in [-0.1, -0.05) is 6.92 Å². The summed E-state index contributed by atoms with van der Waals surface area (Å²) in [6.45, 7) is 2.42. The van der Waals surface area contributed by atoms with Crippen molar-refractivity contribution in [3.05, 3.63) is 23.8 Å². The molecule has 0 radical (unpaired) electrons. The number of carboxylic acids is 1. The van der Waals surface area contributed by atoms with Crippen LogP contribution in [0, 0.1) is 0 Å². The first-order valence-electron chi connectivity index (χ1n) is 5.91. The Morgan fingerprint density at radius 3 is 2.78 bits per heavy atom. The molecule has 1 atom stereocenters. The van der Waals surface area contributed by atoms with Gasteiger partial charge in [-0.2, -0.15) is 0 Å². The predicted molar refractivity (Wildman–Crippen MR) is 69.4 cm³/mol. The summed E-state index contributed by atoms with van der Waals surface area (Å²) in [5, 5.41) is 21.5. The van der Waals surface area contributed by atoms with Crippen molar-refractivity contribution >= 4 is 11.7 Å². The minimum atomic E-state index is -0.990. The number of aliphatic hydroxyl groups is 1. The van der Waals surface area contributed by atoms with E-state index in [1.807, 2.05) is 6.92 Å². The largest absolute Gasteiger partial charge is 0.497 e. The van der Waals surface area contributed by atoms with E-state index in [2.05, 4.69) is 5.32 Å². The molecule has 0 aliphatic carbocycles. The number of carbonyl (C=O) groups is 1. The first-order chi connectivity index (χ1) is 8.58. The summed E-state index contributed by atoms with van der Waals surface area (Å²) in [6.07, 6.45) is 0.898. The van der Waals surface area contributed by atoms with Gasteiger partial charge in [0, 0.05) is 12.6 Å². The SMILES string of the molecule is CCC(O)CCNc1cc(OC)ccc1C(=O)O. The number of hydrogen-bond donors (Lipinski definition) is 3. The van der Waals surface area contributed by atoms with E-state index in [1.54, 1.807) is 12.1 Å². The smallest absolute Gasteiger partial charge is 0.337 e. The van der Waals surface area contributed by atoms with Gasteiger partial charge in [0.15, 0.2) is 0 Å². The molecular formula is C13H19NO4. The van der Waals surface area contributed by atoms with Crippen LogP contribution in [0.4, 0.5) is 5.69 Å². The molecule has 0 amide bonds. The van der Waals surface area contributed by atoms with Gasteiger partial charge < -0.3 is 20.3 Å². The van der Waals surface area contributed by atoms with Crippen LogP contribution in [-0.2, 0) is 0 Å². The van der Waals surface area contributed by atoms with Crippen molar-refractivity contribution in [2.24, 2.45) is 0 Å². The van der Waals surface area contributed by atoms with Crippen LogP contribution in [0.25, 0.3) is 0 Å². The number of ether oxygens (including phenoxy) is 1. The molecule has 0 saturated carbocycles. The highest BCUT2D eigenvalue weighted by atomic mass is 16.5. The Bertz CT molecular complexity index is 406. The lowest BCUT2D eigenvalue weighted by Crippen LogP contribution is -2.14. The fraction of sp³-hybridized carbons (Fsp3) is 0.462. The van der Waals surface area contributed by atoms with Gasteiger partial charge in [0.05, 0.1) is 24.5 Å². The molecule has 1 rings (SSSR count). The second-order valence-electron chi connectivity index (χ2n) is 3.99. The third-order valence-electron chi connectivity index (χ3n) is 2.72. The summed E-state index contributed by atoms with van der Waals surface area (Å²) < 4.78 is 5.06. The fourth-order valence-corrected chi connectivity index (χ4v) is 1.56. The number of methoxy groups -OCH3 is 1. The summed E-state index contributed by atoms with van der Waals surface area (Å²) in [7, 11) is 1.53. The molecule has 0 saturated heterocycles. The van der Waals surface area contributed by atoms with Crippen LogP contribution in [0.5, 0.6) is 5.75 Å². The van der Waals surface area contributed by atoms with Gasteiger partial charge in [0.1, 0.15) is 5.75 Å². The number of rotatable bonds is 7. The van der Waals surface area contributed by atoms with Crippen LogP contribution in [0.1, 0.15) is 30.1 Å². The molecule has 5 heteroatoms. The molecule has 0 heterocycles. The molecular weight excluding hydrogens is 234 g/mol. The van der Waals surface area contributed by atoms with Crippen LogP contribution in [-0.4, -0.2) is 35.9 Å². The zero-order valence-electron chi connectivity index (χ0n) is 10.6. The van der Waals surface area contributed by atoms with Gasteiger partial charge in [-0.05, 0) is 25.0 Å². The van der Waals surface area contributed by atoms with E-state index in [0.717, 1.165) is 0 Å². The number of anilines is 1. The number of aliphatic hydroxyl groups excluding tert-OH is 1. The topological polar surface area (TPSA) is 78.8 Å². The Kier molecular flexibility index (Phi) is 5.45. The van der Waals surface area contributed by atoms with E-state index in [0.29, 0.717) is 30.8 Å². The van der Waals surface area contributed by atoms with Gasteiger partial charge >= 0.3 is 5.97 Å². The normalized spacial score (nSPS) is 11.9. The lowest BCUT2D eigenvalue weighted by Gasteiger charge is -2.13. The Hall–Kier alpha value is -1.75. The van der Waals surface area contributed by atoms with E-state index in [4.69, 9.17) is 9.84 Å². The Labute approximate surface area is 106 Å². The van der Waals surface area contributed by atoms with E-state index in [-0.39, 0.29) is 11.7 Å². The van der Waals surface area contributed by atoms with Gasteiger partial charge in [-0.25, -0.2) is 4.79 Å². The second kappa shape index (κ2) is 6.86. The van der Waals surface area contributed by atoms with Gasteiger partial charge in [0.2, 0.25) is 0 Å². The quantitative estimate of drug-likeness (QED) is 0.692. The average molecular weight is 253 g/mol. The molecule has 100 valence electrons. The molecule has 0 bridgehead atoms. The highest BCUT2D eigenvalue weighted by molar-refractivity contribution is 5.94. The lowest BCUT2D eigenvalue weighted by molar-refractivity contribution is 0.0698. The first-order valence-corrected chi connectivity index (χ1v) is 5.91. The molecule has 0 aliphatic heterocycles. The minimum Gasteiger partial charge on any atom is -0.497 e. The summed E-state index contributed by atoms with van der Waals surface area (Å²) >= 11 is 0. The minimum absolute atomic E-state index is 0.196. The number of hydrogen-bond acceptors (Lipinski definition) is 4. The van der Waals surface area contributed by atoms with E-state index >= 15 is 0 Å². The van der Waals surface area contributed by atoms with Crippen LogP contribution in [0.15, 0.2) is 18.2 Å². The van der Waals surface area contributed by atoms with Crippen LogP contribution >= 0.6 is 0 Å². The summed E-state index contributed by atoms with van der Waals surface area (Å²) in [5.74, 6) is -0.394. The van der Waals surface area contributed by atoms with Crippen molar-refractivity contribution in [3.8, 4) is 5.75 Å². The third kappa shape index (κ3) is 3.92. The third-order valence-corrected chi connectivity index (χ3v) is 2.72. The highest BCUT2D eigenvalue weighted by Gasteiger charge is 2.11. The number of carboxylic acid groups (broad SMARTS) is 1. The summed E-state index contributed by atoms with van der Waals surface area (Å²) in [4.78, 5) is 11.0. The Balaban J connectivity index is 2.75. The van der Waals surface area contributed by atoms with E-state index in [1.165, 1.54) is 13.2 Å². The van der Waals surface area contributed by atoms with Gasteiger partial charge in [-0.3, -0.25) is 0 Å². The summed E-state index contributed by atoms with van der Waals surface area (Å²) in [5.41, 5.74) is 0.701. The number of nitrogens with one attached hydrogen (secondary N) is 1. The molecule has 18 heavy (non-hydrogen) atoms. The van der Waals surface area contributed by atoms with Crippen LogP contribution in [0.2, 0.25) is 0 Å². The monoisotopic (exact) mass is 253 g/mol. The maximum atomic E-state index is 11.0. The fourth-order valence-electron chi connectivity index (χ4n) is 1.56. The maximum Gasteiger partial charge on any atom is 0.337 e. The first kappa shape index (κ1) is 14.3. The molecule has 0 spiro atoms. The van der Waals surface area contributed by atoms with Gasteiger partial charge in [-0.15, -0.1) is 0 Å². The number of benzene rings is 1. The molecule has 1 aromatic carbocycles. The second-order valence-corrected chi connectivity index (χ2v) is 3.99. The van der Waals surface area contributed by atoms with Crippen molar-refractivity contribution in [1.29, 1.82) is 0 Å². The zero-order chi connectivity index (χ0) is 13.5. The lowest BCUT2D eigenvalue weighted by atomic mass is 10.1. The zero-order valence-corrected chi connectivity index (χ0v) is 10.6. The Morgan fingerprint density at radius 1 is 1.50 bits per heavy atom. The van der Waals surface area contributed by atoms with E-state index < -0.39 is 5.97 Å². The standard InChI is InChI=1S/C13H19NO4/c1-3-9(15)6-7-14-12-8-10(18-2)4-5-11(12)13(16)17/h4-5,8-9,14-15H,3,6-7H2,1-2H3,(H,16,17). The molecule has 0 fully saturated rings. The van der Waals surface area contributed by atoms with Crippen molar-refractivity contribution in [2.45, 2.75) is 25.9 Å². The Morgan fingerprint density at radius 2 is 2.22 bits per heavy atom.